The topological polar surface area (TPSA) is 195 Å². The lowest BCUT2D eigenvalue weighted by Gasteiger charge is -2.20. The Morgan fingerprint density at radius 2 is 2.17 bits per heavy atom. The quantitative estimate of drug-likeness (QED) is 0.321. The van der Waals surface area contributed by atoms with Gasteiger partial charge in [0.2, 0.25) is 0 Å². The highest BCUT2D eigenvalue weighted by Gasteiger charge is 2.46. The van der Waals surface area contributed by atoms with Gasteiger partial charge in [-0.3, -0.25) is 9.32 Å². The second kappa shape index (κ2) is 7.15. The molecule has 0 radical (unpaired) electrons. The fraction of sp³-hybridized carbons (Fsp3) is 0.400. The van der Waals surface area contributed by atoms with Crippen LogP contribution in [0.4, 0.5) is 5.69 Å². The first-order valence-electron chi connectivity index (χ1n) is 8.40. The maximum absolute atomic E-state index is 12.1. The van der Waals surface area contributed by atoms with E-state index in [4.69, 9.17) is 25.0 Å². The normalized spacial score (nSPS) is 25.2. The fourth-order valence-corrected chi connectivity index (χ4v) is 3.79. The molecule has 0 unspecified atom stereocenters. The molecule has 2 aromatic heterocycles. The number of phosphoric ester groups is 1. The number of ether oxygens (including phenoxy) is 2. The van der Waals surface area contributed by atoms with Crippen molar-refractivity contribution < 1.29 is 33.5 Å². The van der Waals surface area contributed by atoms with E-state index in [0.717, 1.165) is 0 Å². The van der Waals surface area contributed by atoms with E-state index in [1.807, 2.05) is 0 Å². The van der Waals surface area contributed by atoms with Crippen LogP contribution in [-0.4, -0.2) is 66.9 Å². The number of rotatable bonds is 5. The Morgan fingerprint density at radius 3 is 2.86 bits per heavy atom. The lowest BCUT2D eigenvalue weighted by Crippen LogP contribution is -2.35. The molecule has 4 atom stereocenters. The summed E-state index contributed by atoms with van der Waals surface area (Å²) in [6.07, 6.45) is -1.30. The summed E-state index contributed by atoms with van der Waals surface area (Å²) in [7, 11) is -3.39. The molecule has 0 amide bonds. The van der Waals surface area contributed by atoms with Crippen molar-refractivity contribution in [3.63, 3.8) is 0 Å². The Morgan fingerprint density at radius 1 is 1.41 bits per heavy atom. The van der Waals surface area contributed by atoms with Gasteiger partial charge in [0.15, 0.2) is 6.23 Å². The molecule has 14 heteroatoms. The first-order chi connectivity index (χ1) is 13.7. The van der Waals surface area contributed by atoms with E-state index in [2.05, 4.69) is 19.8 Å². The molecule has 1 aromatic carbocycles. The van der Waals surface area contributed by atoms with Gasteiger partial charge in [-0.2, -0.15) is 10.2 Å². The van der Waals surface area contributed by atoms with Crippen molar-refractivity contribution >= 4 is 35.2 Å². The molecular formula is C15H18N5O8P. The molecule has 3 heterocycles. The minimum atomic E-state index is -4.74. The minimum absolute atomic E-state index is 0.327. The van der Waals surface area contributed by atoms with Gasteiger partial charge in [-0.25, -0.2) is 14.3 Å². The van der Waals surface area contributed by atoms with Crippen molar-refractivity contribution in [2.24, 2.45) is 0 Å². The number of methoxy groups -OCH3 is 1. The Labute approximate surface area is 162 Å². The smallest absolute Gasteiger partial charge is 0.398 e. The Bertz CT molecular complexity index is 1170. The van der Waals surface area contributed by atoms with Crippen LogP contribution in [0.2, 0.25) is 0 Å². The number of aliphatic hydroxyl groups excluding tert-OH is 1. The number of phosphoric acid groups is 1. The third-order valence-corrected chi connectivity index (χ3v) is 5.23. The van der Waals surface area contributed by atoms with Crippen molar-refractivity contribution in [2.45, 2.75) is 24.5 Å². The number of nitrogens with one attached hydrogen (secondary N) is 1. The van der Waals surface area contributed by atoms with E-state index >= 15 is 0 Å². The summed E-state index contributed by atoms with van der Waals surface area (Å²) in [5.41, 5.74) is 6.32. The van der Waals surface area contributed by atoms with Gasteiger partial charge >= 0.3 is 7.82 Å². The van der Waals surface area contributed by atoms with Gasteiger partial charge in [0, 0.05) is 29.8 Å². The SMILES string of the molecule is CO[C@@H]1[C@H](O)[C@@H](COP(=O)(O)O)O[C@H]1n1cc2c(N)cc3c(=O)[nH]ncc(n1)c23. The van der Waals surface area contributed by atoms with Gasteiger partial charge in [-0.05, 0) is 6.07 Å². The number of nitrogens with zero attached hydrogens (tertiary/aromatic N) is 3. The molecule has 1 aliphatic rings. The van der Waals surface area contributed by atoms with Gasteiger partial charge in [0.05, 0.1) is 18.2 Å². The van der Waals surface area contributed by atoms with Crippen molar-refractivity contribution in [2.75, 3.05) is 19.5 Å². The van der Waals surface area contributed by atoms with E-state index < -0.39 is 44.5 Å². The number of hydrogen-bond acceptors (Lipinski definition) is 9. The van der Waals surface area contributed by atoms with Crippen LogP contribution in [0.25, 0.3) is 21.7 Å². The highest BCUT2D eigenvalue weighted by molar-refractivity contribution is 7.46. The average Bonchev–Trinajstić information content (AvgIpc) is 3.10. The van der Waals surface area contributed by atoms with E-state index in [1.165, 1.54) is 24.1 Å². The Hall–Kier alpha value is -2.38. The van der Waals surface area contributed by atoms with Gasteiger partial charge in [0.1, 0.15) is 23.8 Å². The molecule has 1 fully saturated rings. The van der Waals surface area contributed by atoms with Crippen molar-refractivity contribution in [1.82, 2.24) is 20.0 Å². The van der Waals surface area contributed by atoms with Gasteiger partial charge in [0.25, 0.3) is 5.56 Å². The number of anilines is 1. The second-order valence-corrected chi connectivity index (χ2v) is 7.78. The maximum Gasteiger partial charge on any atom is 0.469 e. The first-order valence-corrected chi connectivity index (χ1v) is 9.94. The molecule has 6 N–H and O–H groups in total. The van der Waals surface area contributed by atoms with Crippen LogP contribution in [0.3, 0.4) is 0 Å². The summed E-state index contributed by atoms with van der Waals surface area (Å²) in [4.78, 5) is 29.9. The molecule has 0 spiro atoms. The molecule has 29 heavy (non-hydrogen) atoms. The third kappa shape index (κ3) is 3.53. The summed E-state index contributed by atoms with van der Waals surface area (Å²) in [5, 5.41) is 22.4. The monoisotopic (exact) mass is 427 g/mol. The maximum atomic E-state index is 12.1. The number of nitrogen functional groups attached to an aromatic ring is 1. The number of aromatic amines is 1. The fourth-order valence-electron chi connectivity index (χ4n) is 3.45. The highest BCUT2D eigenvalue weighted by atomic mass is 31.2. The van der Waals surface area contributed by atoms with Crippen LogP contribution in [0.15, 0.2) is 23.3 Å². The predicted octanol–water partition coefficient (Wildman–Crippen LogP) is -0.762. The minimum Gasteiger partial charge on any atom is -0.398 e. The zero-order valence-electron chi connectivity index (χ0n) is 15.0. The molecule has 13 nitrogen and oxygen atoms in total. The lowest BCUT2D eigenvalue weighted by molar-refractivity contribution is -0.0659. The Balaban J connectivity index is 1.78. The number of nitrogens with two attached hydrogens (primary N) is 1. The van der Waals surface area contributed by atoms with E-state index in [0.29, 0.717) is 27.4 Å². The third-order valence-electron chi connectivity index (χ3n) is 4.74. The molecular weight excluding hydrogens is 409 g/mol. The van der Waals surface area contributed by atoms with Gasteiger partial charge in [-0.15, -0.1) is 0 Å². The largest absolute Gasteiger partial charge is 0.469 e. The van der Waals surface area contributed by atoms with Gasteiger partial charge < -0.3 is 30.1 Å². The summed E-state index contributed by atoms with van der Waals surface area (Å²) < 4.78 is 27.8. The summed E-state index contributed by atoms with van der Waals surface area (Å²) in [5.74, 6) is 0. The van der Waals surface area contributed by atoms with E-state index in [9.17, 15) is 14.5 Å². The van der Waals surface area contributed by atoms with Crippen LogP contribution in [-0.2, 0) is 18.6 Å². The van der Waals surface area contributed by atoms with Gasteiger partial charge in [-0.1, -0.05) is 0 Å². The van der Waals surface area contributed by atoms with E-state index in [-0.39, 0.29) is 0 Å². The Kier molecular flexibility index (Phi) is 4.91. The van der Waals surface area contributed by atoms with Crippen LogP contribution in [0.5, 0.6) is 0 Å². The van der Waals surface area contributed by atoms with Crippen molar-refractivity contribution in [3.05, 3.63) is 28.8 Å². The second-order valence-electron chi connectivity index (χ2n) is 6.54. The average molecular weight is 427 g/mol. The van der Waals surface area contributed by atoms with Crippen LogP contribution >= 0.6 is 7.82 Å². The van der Waals surface area contributed by atoms with Crippen LogP contribution in [0.1, 0.15) is 6.23 Å². The standard InChI is InChI=1S/C15H18N5O8P/c1-26-13-12(21)10(5-27-29(23,24)25)28-15(13)20-4-7-8(16)2-6-11(7)9(19-20)3-17-18-14(6)22/h2-4,10,12-13,15,21H,5,16H2,1H3,(H,18,22)(H2,23,24,25)/t10-,12-,13-,15-/m1/s1. The summed E-state index contributed by atoms with van der Waals surface area (Å²) in [6.45, 7) is -0.556. The van der Waals surface area contributed by atoms with Crippen LogP contribution in [0, 0.1) is 0 Å². The molecule has 4 rings (SSSR count). The highest BCUT2D eigenvalue weighted by Crippen LogP contribution is 2.39. The number of aliphatic hydroxyl groups is 1. The summed E-state index contributed by atoms with van der Waals surface area (Å²) in [6, 6.07) is 1.51. The summed E-state index contributed by atoms with van der Waals surface area (Å²) >= 11 is 0. The molecule has 0 saturated carbocycles. The number of H-pyrrole nitrogens is 1. The number of aromatic nitrogens is 4. The zero-order chi connectivity index (χ0) is 20.9. The molecule has 1 aliphatic heterocycles. The van der Waals surface area contributed by atoms with Crippen molar-refractivity contribution in [3.8, 4) is 0 Å². The molecule has 0 aliphatic carbocycles. The number of hydrogen-bond donors (Lipinski definition) is 5. The van der Waals surface area contributed by atoms with Crippen LogP contribution < -0.4 is 11.3 Å². The molecule has 3 aromatic rings. The predicted molar refractivity (Wildman–Crippen MR) is 98.8 cm³/mol. The van der Waals surface area contributed by atoms with Crippen molar-refractivity contribution in [1.29, 1.82) is 0 Å². The van der Waals surface area contributed by atoms with E-state index in [1.54, 1.807) is 6.20 Å². The molecule has 0 bridgehead atoms. The molecule has 156 valence electrons. The molecule has 1 saturated heterocycles. The lowest BCUT2D eigenvalue weighted by atomic mass is 10.1. The first kappa shape index (κ1) is 19.9. The zero-order valence-corrected chi connectivity index (χ0v) is 15.9.